The molecule has 1 amide bonds. The van der Waals surface area contributed by atoms with Crippen molar-refractivity contribution < 1.29 is 19.1 Å². The van der Waals surface area contributed by atoms with Crippen molar-refractivity contribution in [2.75, 3.05) is 51.8 Å². The molecule has 0 radical (unpaired) electrons. The summed E-state index contributed by atoms with van der Waals surface area (Å²) in [6.45, 7) is 6.25. The third-order valence-electron chi connectivity index (χ3n) is 4.48. The molecular weight excluding hydrogens is 374 g/mol. The number of aryl methyl sites for hydroxylation is 1. The first kappa shape index (κ1) is 20.7. The van der Waals surface area contributed by atoms with Gasteiger partial charge in [-0.05, 0) is 25.1 Å². The van der Waals surface area contributed by atoms with Crippen LogP contribution >= 0.6 is 0 Å². The first-order valence-electron chi connectivity index (χ1n) is 9.45. The number of hydrogen-bond acceptors (Lipinski definition) is 8. The van der Waals surface area contributed by atoms with Crippen molar-refractivity contribution in [3.05, 3.63) is 47.3 Å². The van der Waals surface area contributed by atoms with Crippen molar-refractivity contribution >= 4 is 23.5 Å². The van der Waals surface area contributed by atoms with Gasteiger partial charge < -0.3 is 20.1 Å². The fraction of sp³-hybridized carbons (Fsp3) is 0.400. The highest BCUT2D eigenvalue weighted by atomic mass is 16.5. The van der Waals surface area contributed by atoms with Crippen molar-refractivity contribution in [3.8, 4) is 0 Å². The van der Waals surface area contributed by atoms with E-state index in [1.165, 1.54) is 7.11 Å². The number of carbonyl (C=O) groups is 2. The van der Waals surface area contributed by atoms with Crippen molar-refractivity contribution in [1.82, 2.24) is 20.2 Å². The van der Waals surface area contributed by atoms with Crippen molar-refractivity contribution in [2.45, 2.75) is 6.92 Å². The van der Waals surface area contributed by atoms with E-state index in [2.05, 4.69) is 25.5 Å². The van der Waals surface area contributed by atoms with Crippen LogP contribution in [-0.2, 0) is 9.47 Å². The lowest BCUT2D eigenvalue weighted by atomic mass is 10.2. The highest BCUT2D eigenvalue weighted by Gasteiger charge is 2.15. The number of rotatable bonds is 7. The number of amides is 1. The van der Waals surface area contributed by atoms with Crippen LogP contribution < -0.4 is 10.6 Å². The summed E-state index contributed by atoms with van der Waals surface area (Å²) in [4.78, 5) is 35.3. The maximum Gasteiger partial charge on any atom is 0.339 e. The minimum Gasteiger partial charge on any atom is -0.465 e. The van der Waals surface area contributed by atoms with Gasteiger partial charge in [-0.3, -0.25) is 9.69 Å². The molecule has 2 aromatic rings. The van der Waals surface area contributed by atoms with Gasteiger partial charge in [-0.1, -0.05) is 12.1 Å². The molecule has 9 heteroatoms. The lowest BCUT2D eigenvalue weighted by molar-refractivity contribution is 0.0383. The summed E-state index contributed by atoms with van der Waals surface area (Å²) in [6, 6.07) is 8.51. The molecule has 0 aliphatic carbocycles. The van der Waals surface area contributed by atoms with E-state index in [1.807, 2.05) is 0 Å². The van der Waals surface area contributed by atoms with Gasteiger partial charge in [0.05, 0.1) is 31.6 Å². The first-order chi connectivity index (χ1) is 14.1. The lowest BCUT2D eigenvalue weighted by Gasteiger charge is -2.26. The monoisotopic (exact) mass is 399 g/mol. The summed E-state index contributed by atoms with van der Waals surface area (Å²) in [5.41, 5.74) is 1.76. The Balaban J connectivity index is 1.66. The molecule has 9 nitrogen and oxygen atoms in total. The molecule has 0 unspecified atom stereocenters. The van der Waals surface area contributed by atoms with Gasteiger partial charge in [-0.15, -0.1) is 0 Å². The number of methoxy groups -OCH3 is 1. The second-order valence-electron chi connectivity index (χ2n) is 6.59. The normalized spacial score (nSPS) is 14.3. The van der Waals surface area contributed by atoms with Crippen LogP contribution in [0, 0.1) is 6.92 Å². The van der Waals surface area contributed by atoms with Crippen molar-refractivity contribution in [2.24, 2.45) is 0 Å². The number of aromatic nitrogens is 2. The van der Waals surface area contributed by atoms with Crippen LogP contribution in [0.2, 0.25) is 0 Å². The van der Waals surface area contributed by atoms with Crippen LogP contribution in [0.15, 0.2) is 30.3 Å². The molecule has 154 valence electrons. The van der Waals surface area contributed by atoms with Gasteiger partial charge in [-0.25, -0.2) is 14.8 Å². The molecule has 1 aliphatic heterocycles. The quantitative estimate of drug-likeness (QED) is 0.673. The number of ether oxygens (including phenoxy) is 2. The highest BCUT2D eigenvalue weighted by Crippen LogP contribution is 2.20. The Morgan fingerprint density at radius 1 is 1.21 bits per heavy atom. The van der Waals surface area contributed by atoms with Gasteiger partial charge in [0.25, 0.3) is 5.91 Å². The second-order valence-corrected chi connectivity index (χ2v) is 6.59. The van der Waals surface area contributed by atoms with Crippen molar-refractivity contribution in [3.63, 3.8) is 0 Å². The molecular formula is C20H25N5O4. The number of carbonyl (C=O) groups excluding carboxylic acids is 2. The second kappa shape index (κ2) is 9.94. The fourth-order valence-electron chi connectivity index (χ4n) is 2.98. The predicted molar refractivity (Wildman–Crippen MR) is 107 cm³/mol. The van der Waals surface area contributed by atoms with E-state index in [0.717, 1.165) is 32.8 Å². The third-order valence-corrected chi connectivity index (χ3v) is 4.48. The number of esters is 1. The zero-order chi connectivity index (χ0) is 20.6. The molecule has 2 N–H and O–H groups in total. The van der Waals surface area contributed by atoms with Crippen molar-refractivity contribution in [1.29, 1.82) is 0 Å². The number of para-hydroxylation sites is 1. The van der Waals surface area contributed by atoms with Crippen LogP contribution in [0.4, 0.5) is 11.6 Å². The maximum atomic E-state index is 12.5. The minimum absolute atomic E-state index is 0.236. The predicted octanol–water partition coefficient (Wildman–Crippen LogP) is 1.38. The summed E-state index contributed by atoms with van der Waals surface area (Å²) in [5, 5.41) is 5.90. The van der Waals surface area contributed by atoms with E-state index >= 15 is 0 Å². The van der Waals surface area contributed by atoms with E-state index < -0.39 is 5.97 Å². The van der Waals surface area contributed by atoms with Gasteiger partial charge in [0.2, 0.25) is 5.95 Å². The maximum absolute atomic E-state index is 12.5. The molecule has 3 rings (SSSR count). The minimum atomic E-state index is -0.471. The summed E-state index contributed by atoms with van der Waals surface area (Å²) in [5.74, 6) is -0.505. The molecule has 0 atom stereocenters. The van der Waals surface area contributed by atoms with Gasteiger partial charge in [-0.2, -0.15) is 0 Å². The molecule has 1 aliphatic rings. The molecule has 1 fully saturated rings. The van der Waals surface area contributed by atoms with Gasteiger partial charge in [0, 0.05) is 31.9 Å². The van der Waals surface area contributed by atoms with E-state index in [4.69, 9.17) is 9.47 Å². The zero-order valence-corrected chi connectivity index (χ0v) is 16.6. The van der Waals surface area contributed by atoms with Crippen LogP contribution in [-0.4, -0.2) is 73.2 Å². The first-order valence-corrected chi connectivity index (χ1v) is 9.45. The summed E-state index contributed by atoms with van der Waals surface area (Å²) >= 11 is 0. The average molecular weight is 399 g/mol. The van der Waals surface area contributed by atoms with E-state index in [-0.39, 0.29) is 17.5 Å². The largest absolute Gasteiger partial charge is 0.465 e. The number of hydrogen-bond donors (Lipinski definition) is 2. The Bertz CT molecular complexity index is 868. The smallest absolute Gasteiger partial charge is 0.339 e. The van der Waals surface area contributed by atoms with E-state index in [0.29, 0.717) is 23.5 Å². The number of morpholine rings is 1. The van der Waals surface area contributed by atoms with E-state index in [9.17, 15) is 9.59 Å². The number of benzene rings is 1. The summed E-state index contributed by atoms with van der Waals surface area (Å²) in [7, 11) is 1.32. The highest BCUT2D eigenvalue weighted by molar-refractivity contribution is 5.96. The molecule has 2 heterocycles. The van der Waals surface area contributed by atoms with Crippen LogP contribution in [0.1, 0.15) is 26.5 Å². The zero-order valence-electron chi connectivity index (χ0n) is 16.6. The average Bonchev–Trinajstić information content (AvgIpc) is 2.74. The Morgan fingerprint density at radius 2 is 1.97 bits per heavy atom. The van der Waals surface area contributed by atoms with Gasteiger partial charge >= 0.3 is 5.97 Å². The van der Waals surface area contributed by atoms with Crippen LogP contribution in [0.3, 0.4) is 0 Å². The fourth-order valence-corrected chi connectivity index (χ4v) is 2.98. The van der Waals surface area contributed by atoms with Crippen LogP contribution in [0.25, 0.3) is 0 Å². The lowest BCUT2D eigenvalue weighted by Crippen LogP contribution is -2.41. The van der Waals surface area contributed by atoms with E-state index in [1.54, 1.807) is 37.3 Å². The van der Waals surface area contributed by atoms with Gasteiger partial charge in [0.15, 0.2) is 0 Å². The Labute approximate surface area is 169 Å². The Morgan fingerprint density at radius 3 is 2.72 bits per heavy atom. The number of nitrogens with zero attached hydrogens (tertiary/aromatic N) is 3. The molecule has 0 bridgehead atoms. The molecule has 0 spiro atoms. The van der Waals surface area contributed by atoms with Gasteiger partial charge in [0.1, 0.15) is 5.69 Å². The molecule has 1 aromatic carbocycles. The molecule has 0 saturated carbocycles. The summed E-state index contributed by atoms with van der Waals surface area (Å²) in [6.07, 6.45) is 0. The molecule has 1 saturated heterocycles. The van der Waals surface area contributed by atoms with Crippen LogP contribution in [0.5, 0.6) is 0 Å². The summed E-state index contributed by atoms with van der Waals surface area (Å²) < 4.78 is 10.1. The SMILES string of the molecule is COC(=O)c1ccccc1Nc1nc(C)cc(C(=O)NCCN2CCOCC2)n1. The molecule has 29 heavy (non-hydrogen) atoms. The topological polar surface area (TPSA) is 106 Å². The molecule has 1 aromatic heterocycles. The standard InChI is InChI=1S/C20H25N5O4/c1-14-13-17(18(26)21-7-8-25-9-11-29-12-10-25)24-20(22-14)23-16-6-4-3-5-15(16)19(27)28-2/h3-6,13H,7-12H2,1-2H3,(H,21,26)(H,22,23,24). The Hall–Kier alpha value is -3.04. The third kappa shape index (κ3) is 5.72. The number of nitrogens with one attached hydrogen (secondary N) is 2. The number of anilines is 2. The Kier molecular flexibility index (Phi) is 7.09.